The van der Waals surface area contributed by atoms with Crippen molar-refractivity contribution in [3.8, 4) is 23.3 Å². The van der Waals surface area contributed by atoms with Crippen LogP contribution in [0.25, 0.3) is 11.1 Å². The minimum atomic E-state index is -0.655. The molecule has 0 unspecified atom stereocenters. The molecule has 3 rings (SSSR count). The number of hydrogen-bond acceptors (Lipinski definition) is 5. The molecular weight excluding hydrogens is 378 g/mol. The van der Waals surface area contributed by atoms with Gasteiger partial charge in [0.2, 0.25) is 0 Å². The lowest BCUT2D eigenvalue weighted by molar-refractivity contribution is -0.119. The first-order valence-corrected chi connectivity index (χ1v) is 9.13. The number of hydrogen-bond donors (Lipinski definition) is 1. The Morgan fingerprint density at radius 3 is 2.23 bits per heavy atom. The van der Waals surface area contributed by atoms with Crippen molar-refractivity contribution in [2.75, 3.05) is 11.9 Å². The second-order valence-corrected chi connectivity index (χ2v) is 6.36. The molecule has 0 spiro atoms. The van der Waals surface area contributed by atoms with Gasteiger partial charge in [-0.05, 0) is 35.4 Å². The van der Waals surface area contributed by atoms with Crippen molar-refractivity contribution in [1.82, 2.24) is 0 Å². The minimum Gasteiger partial charge on any atom is -0.452 e. The van der Waals surface area contributed by atoms with E-state index in [1.807, 2.05) is 0 Å². The number of carbonyl (C=O) groups excluding carboxylic acids is 2. The molecule has 3 aromatic carbocycles. The molecule has 30 heavy (non-hydrogen) atoms. The standard InChI is InChI=1S/C24H17N3O3/c25-14-13-17-9-11-19(12-10-17)27-23(28)16-30-24(29)22-8-4-3-7-21(22)20-6-2-1-5-18(20)15-26/h1-12H,13,16H2,(H,27,28). The Balaban J connectivity index is 1.68. The highest BCUT2D eigenvalue weighted by atomic mass is 16.5. The molecule has 0 saturated carbocycles. The SMILES string of the molecule is N#CCc1ccc(NC(=O)COC(=O)c2ccccc2-c2ccccc2C#N)cc1. The van der Waals surface area contributed by atoms with Crippen LogP contribution in [0.4, 0.5) is 5.69 Å². The summed E-state index contributed by atoms with van der Waals surface area (Å²) in [4.78, 5) is 24.7. The summed E-state index contributed by atoms with van der Waals surface area (Å²) >= 11 is 0. The summed E-state index contributed by atoms with van der Waals surface area (Å²) in [5.74, 6) is -1.14. The van der Waals surface area contributed by atoms with Crippen LogP contribution in [0.1, 0.15) is 21.5 Å². The van der Waals surface area contributed by atoms with Crippen LogP contribution in [0.2, 0.25) is 0 Å². The Bertz CT molecular complexity index is 1160. The molecule has 0 saturated heterocycles. The summed E-state index contributed by atoms with van der Waals surface area (Å²) in [6.45, 7) is -0.451. The topological polar surface area (TPSA) is 103 Å². The normalized spacial score (nSPS) is 9.80. The number of amides is 1. The molecule has 3 aromatic rings. The lowest BCUT2D eigenvalue weighted by Crippen LogP contribution is -2.21. The third-order valence-corrected chi connectivity index (χ3v) is 4.34. The minimum absolute atomic E-state index is 0.272. The molecule has 0 aliphatic heterocycles. The fourth-order valence-electron chi connectivity index (χ4n) is 2.91. The average Bonchev–Trinajstić information content (AvgIpc) is 2.79. The number of nitrogens with zero attached hydrogens (tertiary/aromatic N) is 2. The Morgan fingerprint density at radius 1 is 0.867 bits per heavy atom. The molecule has 0 aromatic heterocycles. The van der Waals surface area contributed by atoms with E-state index >= 15 is 0 Å². The maximum absolute atomic E-state index is 12.6. The summed E-state index contributed by atoms with van der Waals surface area (Å²) in [7, 11) is 0. The van der Waals surface area contributed by atoms with Crippen molar-refractivity contribution in [2.45, 2.75) is 6.42 Å². The fraction of sp³-hybridized carbons (Fsp3) is 0.0833. The van der Waals surface area contributed by atoms with Crippen LogP contribution in [-0.4, -0.2) is 18.5 Å². The van der Waals surface area contributed by atoms with E-state index in [1.165, 1.54) is 0 Å². The number of esters is 1. The van der Waals surface area contributed by atoms with Gasteiger partial charge in [0.1, 0.15) is 0 Å². The summed E-state index contributed by atoms with van der Waals surface area (Å²) < 4.78 is 5.18. The van der Waals surface area contributed by atoms with E-state index in [0.717, 1.165) is 5.56 Å². The zero-order chi connectivity index (χ0) is 21.3. The van der Waals surface area contributed by atoms with Crippen LogP contribution in [-0.2, 0) is 16.0 Å². The molecule has 0 heterocycles. The van der Waals surface area contributed by atoms with Gasteiger partial charge in [0.05, 0.1) is 29.7 Å². The largest absolute Gasteiger partial charge is 0.452 e. The quantitative estimate of drug-likeness (QED) is 0.633. The van der Waals surface area contributed by atoms with E-state index in [2.05, 4.69) is 17.5 Å². The summed E-state index contributed by atoms with van der Waals surface area (Å²) in [6.07, 6.45) is 0.292. The van der Waals surface area contributed by atoms with Crippen LogP contribution in [0.5, 0.6) is 0 Å². The number of benzene rings is 3. The molecular formula is C24H17N3O3. The lowest BCUT2D eigenvalue weighted by atomic mass is 9.96. The first-order chi connectivity index (χ1) is 14.6. The molecule has 1 N–H and O–H groups in total. The molecule has 146 valence electrons. The third kappa shape index (κ3) is 4.89. The molecule has 6 nitrogen and oxygen atoms in total. The van der Waals surface area contributed by atoms with Crippen molar-refractivity contribution in [3.05, 3.63) is 89.5 Å². The molecule has 0 aliphatic carbocycles. The van der Waals surface area contributed by atoms with E-state index in [-0.39, 0.29) is 5.56 Å². The van der Waals surface area contributed by atoms with E-state index < -0.39 is 18.5 Å². The van der Waals surface area contributed by atoms with Gasteiger partial charge in [0.25, 0.3) is 5.91 Å². The molecule has 0 atom stereocenters. The van der Waals surface area contributed by atoms with Crippen LogP contribution in [0.15, 0.2) is 72.8 Å². The van der Waals surface area contributed by atoms with Gasteiger partial charge in [-0.25, -0.2) is 4.79 Å². The highest BCUT2D eigenvalue weighted by Gasteiger charge is 2.17. The second kappa shape index (κ2) is 9.68. The van der Waals surface area contributed by atoms with Gasteiger partial charge < -0.3 is 10.1 Å². The molecule has 0 bridgehead atoms. The predicted molar refractivity (Wildman–Crippen MR) is 111 cm³/mol. The van der Waals surface area contributed by atoms with Crippen LogP contribution < -0.4 is 5.32 Å². The van der Waals surface area contributed by atoms with Gasteiger partial charge in [-0.2, -0.15) is 10.5 Å². The predicted octanol–water partition coefficient (Wildman–Crippen LogP) is 4.09. The van der Waals surface area contributed by atoms with Crippen molar-refractivity contribution in [1.29, 1.82) is 10.5 Å². The Hall–Kier alpha value is -4.42. The van der Waals surface area contributed by atoms with Gasteiger partial charge in [0.15, 0.2) is 6.61 Å². The van der Waals surface area contributed by atoms with Gasteiger partial charge in [-0.1, -0.05) is 48.5 Å². The third-order valence-electron chi connectivity index (χ3n) is 4.34. The van der Waals surface area contributed by atoms with E-state index in [4.69, 9.17) is 10.00 Å². The van der Waals surface area contributed by atoms with Gasteiger partial charge in [-0.3, -0.25) is 4.79 Å². The number of anilines is 1. The first-order valence-electron chi connectivity index (χ1n) is 9.13. The number of nitrogens with one attached hydrogen (secondary N) is 1. The van der Waals surface area contributed by atoms with Crippen molar-refractivity contribution < 1.29 is 14.3 Å². The maximum atomic E-state index is 12.6. The smallest absolute Gasteiger partial charge is 0.339 e. The Kier molecular flexibility index (Phi) is 6.55. The van der Waals surface area contributed by atoms with E-state index in [1.54, 1.807) is 72.8 Å². The Morgan fingerprint density at radius 2 is 1.53 bits per heavy atom. The van der Waals surface area contributed by atoms with Gasteiger partial charge >= 0.3 is 5.97 Å². The number of carbonyl (C=O) groups is 2. The zero-order valence-electron chi connectivity index (χ0n) is 16.0. The molecule has 6 heteroatoms. The van der Waals surface area contributed by atoms with Gasteiger partial charge in [-0.15, -0.1) is 0 Å². The highest BCUT2D eigenvalue weighted by molar-refractivity contribution is 6.00. The zero-order valence-corrected chi connectivity index (χ0v) is 16.0. The number of rotatable bonds is 6. The molecule has 0 radical (unpaired) electrons. The molecule has 1 amide bonds. The number of nitriles is 2. The summed E-state index contributed by atoms with van der Waals surface area (Å²) in [6, 6.07) is 24.8. The maximum Gasteiger partial charge on any atom is 0.339 e. The van der Waals surface area contributed by atoms with Crippen molar-refractivity contribution in [2.24, 2.45) is 0 Å². The summed E-state index contributed by atoms with van der Waals surface area (Å²) in [5, 5.41) is 20.7. The second-order valence-electron chi connectivity index (χ2n) is 6.36. The summed E-state index contributed by atoms with van der Waals surface area (Å²) in [5.41, 5.74) is 3.28. The molecule has 0 fully saturated rings. The van der Waals surface area contributed by atoms with Crippen molar-refractivity contribution in [3.63, 3.8) is 0 Å². The Labute approximate surface area is 174 Å². The van der Waals surface area contributed by atoms with Crippen molar-refractivity contribution >= 4 is 17.6 Å². The first kappa shape index (κ1) is 20.3. The van der Waals surface area contributed by atoms with Crippen LogP contribution in [0, 0.1) is 22.7 Å². The lowest BCUT2D eigenvalue weighted by Gasteiger charge is -2.11. The number of ether oxygens (including phenoxy) is 1. The highest BCUT2D eigenvalue weighted by Crippen LogP contribution is 2.27. The van der Waals surface area contributed by atoms with Crippen LogP contribution in [0.3, 0.4) is 0 Å². The van der Waals surface area contributed by atoms with E-state index in [0.29, 0.717) is 28.8 Å². The monoisotopic (exact) mass is 395 g/mol. The van der Waals surface area contributed by atoms with Crippen LogP contribution >= 0.6 is 0 Å². The van der Waals surface area contributed by atoms with E-state index in [9.17, 15) is 14.9 Å². The fourth-order valence-corrected chi connectivity index (χ4v) is 2.91. The average molecular weight is 395 g/mol. The van der Waals surface area contributed by atoms with Gasteiger partial charge in [0, 0.05) is 11.3 Å². The molecule has 0 aliphatic rings.